The van der Waals surface area contributed by atoms with Crippen molar-refractivity contribution in [2.24, 2.45) is 5.18 Å². The average molecular weight is 246 g/mol. The second-order valence-electron chi connectivity index (χ2n) is 4.90. The van der Waals surface area contributed by atoms with Crippen LogP contribution in [-0.2, 0) is 11.2 Å². The highest BCUT2D eigenvalue weighted by Crippen LogP contribution is 2.14. The van der Waals surface area contributed by atoms with Crippen LogP contribution in [0.25, 0.3) is 0 Å². The Labute approximate surface area is 107 Å². The first-order valence-corrected chi connectivity index (χ1v) is 6.35. The molecule has 4 nitrogen and oxygen atoms in total. The number of hydrogen-bond donors (Lipinski definition) is 0. The van der Waals surface area contributed by atoms with E-state index in [0.717, 1.165) is 24.9 Å². The molecule has 1 aliphatic heterocycles. The molecule has 1 aromatic rings. The van der Waals surface area contributed by atoms with Gasteiger partial charge in [0.2, 0.25) is 5.91 Å². The van der Waals surface area contributed by atoms with Crippen LogP contribution in [-0.4, -0.2) is 29.9 Å². The normalized spacial score (nSPS) is 19.6. The maximum Gasteiger partial charge on any atom is 0.227 e. The zero-order chi connectivity index (χ0) is 13.0. The standard InChI is InChI=1S/C14H18N2O2/c1-11-4-6-12(7-5-11)9-14(17)16-8-2-3-13(10-16)15-18/h4-7,13H,2-3,8-10H2,1H3. The Bertz CT molecular complexity index is 428. The van der Waals surface area contributed by atoms with Crippen molar-refractivity contribution < 1.29 is 4.79 Å². The van der Waals surface area contributed by atoms with Gasteiger partial charge in [0.1, 0.15) is 6.04 Å². The highest BCUT2D eigenvalue weighted by atomic mass is 16.3. The van der Waals surface area contributed by atoms with Crippen molar-refractivity contribution in [2.45, 2.75) is 32.2 Å². The zero-order valence-corrected chi connectivity index (χ0v) is 10.6. The van der Waals surface area contributed by atoms with E-state index in [1.807, 2.05) is 31.2 Å². The molecular weight excluding hydrogens is 228 g/mol. The Hall–Kier alpha value is -1.71. The fourth-order valence-electron chi connectivity index (χ4n) is 2.26. The molecule has 1 heterocycles. The van der Waals surface area contributed by atoms with E-state index in [1.54, 1.807) is 4.90 Å². The molecule has 0 radical (unpaired) electrons. The Balaban J connectivity index is 1.95. The van der Waals surface area contributed by atoms with Gasteiger partial charge in [0.25, 0.3) is 0 Å². The van der Waals surface area contributed by atoms with Crippen molar-refractivity contribution >= 4 is 5.91 Å². The number of carbonyl (C=O) groups excluding carboxylic acids is 1. The molecule has 1 saturated heterocycles. The zero-order valence-electron chi connectivity index (χ0n) is 10.6. The van der Waals surface area contributed by atoms with Crippen LogP contribution in [0.1, 0.15) is 24.0 Å². The fourth-order valence-corrected chi connectivity index (χ4v) is 2.26. The summed E-state index contributed by atoms with van der Waals surface area (Å²) < 4.78 is 0. The van der Waals surface area contributed by atoms with Gasteiger partial charge in [-0.15, -0.1) is 0 Å². The quantitative estimate of drug-likeness (QED) is 0.768. The number of aryl methyl sites for hydroxylation is 1. The summed E-state index contributed by atoms with van der Waals surface area (Å²) in [7, 11) is 0. The fraction of sp³-hybridized carbons (Fsp3) is 0.500. The molecule has 96 valence electrons. The number of carbonyl (C=O) groups is 1. The molecule has 1 aliphatic rings. The lowest BCUT2D eigenvalue weighted by molar-refractivity contribution is -0.131. The first kappa shape index (κ1) is 12.7. The third-order valence-electron chi connectivity index (χ3n) is 3.37. The molecule has 0 aromatic heterocycles. The molecule has 0 saturated carbocycles. The Kier molecular flexibility index (Phi) is 4.07. The molecule has 1 fully saturated rings. The average Bonchev–Trinajstić information content (AvgIpc) is 2.41. The third kappa shape index (κ3) is 3.15. The Morgan fingerprint density at radius 2 is 2.11 bits per heavy atom. The van der Waals surface area contributed by atoms with Gasteiger partial charge in [-0.25, -0.2) is 0 Å². The molecule has 0 aliphatic carbocycles. The van der Waals surface area contributed by atoms with Crippen molar-refractivity contribution in [1.82, 2.24) is 4.90 Å². The Morgan fingerprint density at radius 3 is 2.78 bits per heavy atom. The Morgan fingerprint density at radius 1 is 1.39 bits per heavy atom. The van der Waals surface area contributed by atoms with E-state index in [9.17, 15) is 9.70 Å². The van der Waals surface area contributed by atoms with Crippen LogP contribution in [0.2, 0.25) is 0 Å². The van der Waals surface area contributed by atoms with Gasteiger partial charge >= 0.3 is 0 Å². The van der Waals surface area contributed by atoms with E-state index in [0.29, 0.717) is 13.0 Å². The van der Waals surface area contributed by atoms with Crippen LogP contribution >= 0.6 is 0 Å². The number of hydrogen-bond acceptors (Lipinski definition) is 3. The van der Waals surface area contributed by atoms with Gasteiger partial charge in [-0.3, -0.25) is 4.79 Å². The summed E-state index contributed by atoms with van der Waals surface area (Å²) in [6, 6.07) is 7.75. The summed E-state index contributed by atoms with van der Waals surface area (Å²) in [5.41, 5.74) is 2.21. The second kappa shape index (κ2) is 5.76. The van der Waals surface area contributed by atoms with Crippen molar-refractivity contribution in [3.8, 4) is 0 Å². The predicted octanol–water partition coefficient (Wildman–Crippen LogP) is 2.29. The van der Waals surface area contributed by atoms with E-state index in [1.165, 1.54) is 5.56 Å². The predicted molar refractivity (Wildman–Crippen MR) is 70.3 cm³/mol. The minimum absolute atomic E-state index is 0.0900. The van der Waals surface area contributed by atoms with Crippen LogP contribution in [0.3, 0.4) is 0 Å². The summed E-state index contributed by atoms with van der Waals surface area (Å²) in [6.45, 7) is 3.25. The lowest BCUT2D eigenvalue weighted by Crippen LogP contribution is -2.42. The van der Waals surface area contributed by atoms with Crippen molar-refractivity contribution in [3.05, 3.63) is 40.3 Å². The first-order chi connectivity index (χ1) is 8.69. The number of piperidine rings is 1. The van der Waals surface area contributed by atoms with Gasteiger partial charge in [0, 0.05) is 13.1 Å². The van der Waals surface area contributed by atoms with Crippen LogP contribution in [0.15, 0.2) is 29.4 Å². The molecule has 2 rings (SSSR count). The second-order valence-corrected chi connectivity index (χ2v) is 4.90. The van der Waals surface area contributed by atoms with Gasteiger partial charge in [0.15, 0.2) is 0 Å². The monoisotopic (exact) mass is 246 g/mol. The minimum atomic E-state index is -0.222. The number of nitrogens with zero attached hydrogens (tertiary/aromatic N) is 2. The summed E-state index contributed by atoms with van der Waals surface area (Å²) in [5.74, 6) is 0.0900. The van der Waals surface area contributed by atoms with Gasteiger partial charge < -0.3 is 4.90 Å². The number of benzene rings is 1. The minimum Gasteiger partial charge on any atom is -0.340 e. The molecule has 1 aromatic carbocycles. The molecule has 18 heavy (non-hydrogen) atoms. The lowest BCUT2D eigenvalue weighted by Gasteiger charge is -2.29. The van der Waals surface area contributed by atoms with Crippen molar-refractivity contribution in [2.75, 3.05) is 13.1 Å². The topological polar surface area (TPSA) is 49.7 Å². The number of rotatable bonds is 3. The van der Waals surface area contributed by atoms with E-state index >= 15 is 0 Å². The largest absolute Gasteiger partial charge is 0.340 e. The third-order valence-corrected chi connectivity index (χ3v) is 3.37. The molecule has 1 atom stereocenters. The smallest absolute Gasteiger partial charge is 0.227 e. The number of likely N-dealkylation sites (tertiary alicyclic amines) is 1. The number of amides is 1. The highest BCUT2D eigenvalue weighted by Gasteiger charge is 2.23. The van der Waals surface area contributed by atoms with Crippen LogP contribution in [0.5, 0.6) is 0 Å². The highest BCUT2D eigenvalue weighted by molar-refractivity contribution is 5.78. The summed E-state index contributed by atoms with van der Waals surface area (Å²) in [6.07, 6.45) is 2.08. The van der Waals surface area contributed by atoms with E-state index in [2.05, 4.69) is 5.18 Å². The maximum absolute atomic E-state index is 12.1. The summed E-state index contributed by atoms with van der Waals surface area (Å²) >= 11 is 0. The SMILES string of the molecule is Cc1ccc(CC(=O)N2CCCC(N=O)C2)cc1. The molecular formula is C14H18N2O2. The van der Waals surface area contributed by atoms with Crippen LogP contribution < -0.4 is 0 Å². The van der Waals surface area contributed by atoms with Gasteiger partial charge in [-0.05, 0) is 25.3 Å². The van der Waals surface area contributed by atoms with E-state index in [-0.39, 0.29) is 11.9 Å². The van der Waals surface area contributed by atoms with Gasteiger partial charge in [0.05, 0.1) is 6.42 Å². The van der Waals surface area contributed by atoms with E-state index < -0.39 is 0 Å². The van der Waals surface area contributed by atoms with Crippen molar-refractivity contribution in [3.63, 3.8) is 0 Å². The summed E-state index contributed by atoms with van der Waals surface area (Å²) in [4.78, 5) is 24.4. The number of nitroso groups, excluding NO2 is 1. The molecule has 0 bridgehead atoms. The molecule has 0 spiro atoms. The molecule has 1 unspecified atom stereocenters. The molecule has 1 amide bonds. The first-order valence-electron chi connectivity index (χ1n) is 6.35. The molecule has 4 heteroatoms. The van der Waals surface area contributed by atoms with Gasteiger partial charge in [-0.2, -0.15) is 4.91 Å². The van der Waals surface area contributed by atoms with Crippen LogP contribution in [0.4, 0.5) is 0 Å². The van der Waals surface area contributed by atoms with Gasteiger partial charge in [-0.1, -0.05) is 35.0 Å². The van der Waals surface area contributed by atoms with E-state index in [4.69, 9.17) is 0 Å². The molecule has 0 N–H and O–H groups in total. The van der Waals surface area contributed by atoms with Crippen molar-refractivity contribution in [1.29, 1.82) is 0 Å². The maximum atomic E-state index is 12.1. The summed E-state index contributed by atoms with van der Waals surface area (Å²) in [5, 5.41) is 3.05. The van der Waals surface area contributed by atoms with Crippen LogP contribution in [0, 0.1) is 11.8 Å². The lowest BCUT2D eigenvalue weighted by atomic mass is 10.0.